The largest absolute Gasteiger partial charge is 0.465 e. The van der Waals surface area contributed by atoms with Crippen LogP contribution in [0.2, 0.25) is 0 Å². The van der Waals surface area contributed by atoms with Gasteiger partial charge in [-0.05, 0) is 25.1 Å². The average molecular weight is 410 g/mol. The highest BCUT2D eigenvalue weighted by molar-refractivity contribution is 6.04. The molecule has 1 atom stereocenters. The number of nitriles is 1. The van der Waals surface area contributed by atoms with Crippen LogP contribution in [0.5, 0.6) is 0 Å². The molecule has 0 aromatic heterocycles. The molecule has 2 aromatic rings. The molecule has 1 aliphatic rings. The first kappa shape index (κ1) is 20.6. The molecule has 2 aromatic carbocycles. The van der Waals surface area contributed by atoms with Gasteiger partial charge in [0.15, 0.2) is 5.82 Å². The fourth-order valence-corrected chi connectivity index (χ4v) is 3.20. The predicted octanol–water partition coefficient (Wildman–Crippen LogP) is 2.72. The minimum Gasteiger partial charge on any atom is -0.465 e. The van der Waals surface area contributed by atoms with E-state index in [4.69, 9.17) is 16.1 Å². The van der Waals surface area contributed by atoms with E-state index in [1.807, 2.05) is 6.07 Å². The first-order valence-corrected chi connectivity index (χ1v) is 8.87. The molecule has 5 N–H and O–H groups in total. The third-order valence-electron chi connectivity index (χ3n) is 4.83. The van der Waals surface area contributed by atoms with Crippen LogP contribution >= 0.6 is 0 Å². The Morgan fingerprint density at radius 1 is 1.33 bits per heavy atom. The quantitative estimate of drug-likeness (QED) is 0.573. The molecule has 0 fully saturated rings. The number of nitrogens with one attached hydrogen (secondary N) is 2. The zero-order valence-electron chi connectivity index (χ0n) is 16.2. The molecule has 3 rings (SSSR count). The molecule has 0 radical (unpaired) electrons. The summed E-state index contributed by atoms with van der Waals surface area (Å²) in [5.41, 5.74) is 5.58. The minimum absolute atomic E-state index is 0.0739. The van der Waals surface area contributed by atoms with Gasteiger partial charge < -0.3 is 16.2 Å². The molecule has 0 bridgehead atoms. The lowest BCUT2D eigenvalue weighted by molar-refractivity contribution is -0.128. The summed E-state index contributed by atoms with van der Waals surface area (Å²) in [5.74, 6) is -1.28. The van der Waals surface area contributed by atoms with Gasteiger partial charge in [0, 0.05) is 12.6 Å². The van der Waals surface area contributed by atoms with E-state index in [1.54, 1.807) is 31.2 Å². The van der Waals surface area contributed by atoms with Crippen molar-refractivity contribution < 1.29 is 19.1 Å². The number of carbonyl (C=O) groups is 2. The smallest absolute Gasteiger partial charge is 0.411 e. The van der Waals surface area contributed by atoms with E-state index in [2.05, 4.69) is 15.6 Å². The van der Waals surface area contributed by atoms with Gasteiger partial charge >= 0.3 is 6.09 Å². The molecule has 0 saturated carbocycles. The highest BCUT2D eigenvalue weighted by Gasteiger charge is 2.39. The van der Waals surface area contributed by atoms with Gasteiger partial charge in [0.1, 0.15) is 6.07 Å². The lowest BCUT2D eigenvalue weighted by Gasteiger charge is -2.35. The zero-order chi connectivity index (χ0) is 22.1. The van der Waals surface area contributed by atoms with Gasteiger partial charge in [-0.1, -0.05) is 18.2 Å². The molecule has 2 amide bonds. The number of nitrogens with two attached hydrogens (primary N) is 1. The third-order valence-corrected chi connectivity index (χ3v) is 4.83. The standard InChI is InChI=1S/C20H19FN6O3/c1-20(9-15(28)27(2)18(26-20)25-19(29)30)12-6-4-7-13(16(12)21)24-14-8-3-5-11(10-22)17(14)23/h3-8,24H,9,23H2,1-2H3,(H,25,26)(H,29,30)/t20-/m0/s1. The molecular formula is C20H19FN6O3. The Morgan fingerprint density at radius 2 is 2.00 bits per heavy atom. The maximum absolute atomic E-state index is 15.4. The summed E-state index contributed by atoms with van der Waals surface area (Å²) in [6.07, 6.45) is -1.54. The second kappa shape index (κ2) is 7.71. The normalized spacial score (nSPS) is 18.4. The summed E-state index contributed by atoms with van der Waals surface area (Å²) < 4.78 is 15.4. The van der Waals surface area contributed by atoms with Crippen molar-refractivity contribution in [3.63, 3.8) is 0 Å². The van der Waals surface area contributed by atoms with Crippen molar-refractivity contribution in [2.24, 2.45) is 4.99 Å². The van der Waals surface area contributed by atoms with Gasteiger partial charge in [-0.2, -0.15) is 5.26 Å². The first-order chi connectivity index (χ1) is 14.2. The van der Waals surface area contributed by atoms with Crippen molar-refractivity contribution in [2.75, 3.05) is 18.1 Å². The molecule has 1 aliphatic heterocycles. The second-order valence-electron chi connectivity index (χ2n) is 6.94. The van der Waals surface area contributed by atoms with E-state index in [9.17, 15) is 9.59 Å². The number of hydrogen-bond donors (Lipinski definition) is 4. The topological polar surface area (TPSA) is 144 Å². The number of rotatable bonds is 3. The zero-order valence-corrected chi connectivity index (χ0v) is 16.2. The van der Waals surface area contributed by atoms with Crippen LogP contribution in [0.3, 0.4) is 0 Å². The van der Waals surface area contributed by atoms with E-state index < -0.39 is 23.4 Å². The van der Waals surface area contributed by atoms with Gasteiger partial charge in [-0.3, -0.25) is 15.0 Å². The summed E-state index contributed by atoms with van der Waals surface area (Å²) in [4.78, 5) is 28.8. The molecule has 10 heteroatoms. The van der Waals surface area contributed by atoms with Crippen LogP contribution in [-0.4, -0.2) is 35.0 Å². The highest BCUT2D eigenvalue weighted by Crippen LogP contribution is 2.38. The van der Waals surface area contributed by atoms with Gasteiger partial charge in [0.05, 0.1) is 34.6 Å². The summed E-state index contributed by atoms with van der Waals surface area (Å²) in [6.45, 7) is 1.55. The number of amides is 2. The first-order valence-electron chi connectivity index (χ1n) is 8.87. The van der Waals surface area contributed by atoms with Crippen LogP contribution in [-0.2, 0) is 10.3 Å². The molecule has 0 unspecified atom stereocenters. The summed E-state index contributed by atoms with van der Waals surface area (Å²) in [5, 5.41) is 23.0. The van der Waals surface area contributed by atoms with E-state index in [-0.39, 0.29) is 34.9 Å². The lowest BCUT2D eigenvalue weighted by atomic mass is 9.87. The minimum atomic E-state index is -1.39. The molecule has 1 heterocycles. The van der Waals surface area contributed by atoms with Gasteiger partial charge in [-0.25, -0.2) is 14.2 Å². The number of carboxylic acid groups (broad SMARTS) is 1. The van der Waals surface area contributed by atoms with Crippen LogP contribution in [0, 0.1) is 17.1 Å². The van der Waals surface area contributed by atoms with Crippen LogP contribution < -0.4 is 16.4 Å². The Bertz CT molecular complexity index is 1110. The number of carbonyl (C=O) groups excluding carboxylic acids is 1. The number of nitrogens with zero attached hydrogens (tertiary/aromatic N) is 3. The Morgan fingerprint density at radius 3 is 2.67 bits per heavy atom. The van der Waals surface area contributed by atoms with E-state index in [1.165, 1.54) is 19.2 Å². The van der Waals surface area contributed by atoms with Crippen LogP contribution in [0.15, 0.2) is 41.4 Å². The fraction of sp³-hybridized carbons (Fsp3) is 0.200. The third kappa shape index (κ3) is 3.73. The maximum atomic E-state index is 15.4. The fourth-order valence-electron chi connectivity index (χ4n) is 3.20. The number of aliphatic imine (C=N–C) groups is 1. The molecule has 9 nitrogen and oxygen atoms in total. The lowest BCUT2D eigenvalue weighted by Crippen LogP contribution is -2.51. The Kier molecular flexibility index (Phi) is 5.29. The predicted molar refractivity (Wildman–Crippen MR) is 109 cm³/mol. The van der Waals surface area contributed by atoms with Crippen LogP contribution in [0.4, 0.5) is 26.2 Å². The molecule has 30 heavy (non-hydrogen) atoms. The molecule has 0 aliphatic carbocycles. The SMILES string of the molecule is CN1C(=O)C[C@@](C)(c2cccc(Nc3cccc(C#N)c3N)c2F)N=C1NC(=O)O. The Balaban J connectivity index is 2.04. The van der Waals surface area contributed by atoms with E-state index in [0.29, 0.717) is 5.69 Å². The molecule has 0 saturated heterocycles. The average Bonchev–Trinajstić information content (AvgIpc) is 2.68. The van der Waals surface area contributed by atoms with Gasteiger partial charge in [0.25, 0.3) is 0 Å². The monoisotopic (exact) mass is 410 g/mol. The van der Waals surface area contributed by atoms with Crippen LogP contribution in [0.25, 0.3) is 0 Å². The molecule has 0 spiro atoms. The number of halogens is 1. The Labute approximate surface area is 171 Å². The summed E-state index contributed by atoms with van der Waals surface area (Å²) in [6, 6.07) is 11.3. The van der Waals surface area contributed by atoms with Crippen LogP contribution in [0.1, 0.15) is 24.5 Å². The van der Waals surface area contributed by atoms with Crippen molar-refractivity contribution in [1.29, 1.82) is 5.26 Å². The van der Waals surface area contributed by atoms with E-state index >= 15 is 4.39 Å². The second-order valence-corrected chi connectivity index (χ2v) is 6.94. The van der Waals surface area contributed by atoms with E-state index in [0.717, 1.165) is 4.90 Å². The number of anilines is 3. The molecular weight excluding hydrogens is 391 g/mol. The van der Waals surface area contributed by atoms with Crippen molar-refractivity contribution in [3.05, 3.63) is 53.3 Å². The molecule has 154 valence electrons. The van der Waals surface area contributed by atoms with Gasteiger partial charge in [-0.15, -0.1) is 0 Å². The Hall–Kier alpha value is -4.13. The summed E-state index contributed by atoms with van der Waals surface area (Å²) >= 11 is 0. The van der Waals surface area contributed by atoms with Crippen molar-refractivity contribution >= 4 is 35.0 Å². The summed E-state index contributed by atoms with van der Waals surface area (Å²) in [7, 11) is 1.38. The van der Waals surface area contributed by atoms with Gasteiger partial charge in [0.2, 0.25) is 11.9 Å². The number of hydrogen-bond acceptors (Lipinski definition) is 6. The maximum Gasteiger partial charge on any atom is 0.411 e. The highest BCUT2D eigenvalue weighted by atomic mass is 19.1. The van der Waals surface area contributed by atoms with Crippen molar-refractivity contribution in [3.8, 4) is 6.07 Å². The number of guanidine groups is 1. The number of para-hydroxylation sites is 1. The number of nitrogen functional groups attached to an aromatic ring is 1. The van der Waals surface area contributed by atoms with Crippen molar-refractivity contribution in [2.45, 2.75) is 18.9 Å². The number of benzene rings is 2. The van der Waals surface area contributed by atoms with Crippen molar-refractivity contribution in [1.82, 2.24) is 10.2 Å².